The number of anilines is 3. The molecule has 1 N–H and O–H groups in total. The molecule has 0 saturated carbocycles. The van der Waals surface area contributed by atoms with Crippen LogP contribution in [0, 0.1) is 17.5 Å². The van der Waals surface area contributed by atoms with Crippen LogP contribution >= 0.6 is 11.3 Å². The molecule has 0 atom stereocenters. The number of thiazole rings is 1. The van der Waals surface area contributed by atoms with Crippen LogP contribution in [0.5, 0.6) is 0 Å². The molecular weight excluding hydrogens is 660 g/mol. The lowest BCUT2D eigenvalue weighted by Gasteiger charge is -2.27. The molecule has 0 spiro atoms. The van der Waals surface area contributed by atoms with Gasteiger partial charge in [-0.15, -0.1) is 21.9 Å². The Kier molecular flexibility index (Phi) is 9.09. The maximum atomic E-state index is 16.2. The third-order valence-electron chi connectivity index (χ3n) is 7.38. The van der Waals surface area contributed by atoms with Crippen LogP contribution < -0.4 is 10.2 Å². The zero-order chi connectivity index (χ0) is 33.0. The molecule has 0 amide bonds. The third kappa shape index (κ3) is 6.63. The highest BCUT2D eigenvalue weighted by Gasteiger charge is 2.21. The van der Waals surface area contributed by atoms with Gasteiger partial charge in [-0.25, -0.2) is 33.1 Å². The molecule has 48 heavy (non-hydrogen) atoms. The van der Waals surface area contributed by atoms with Crippen molar-refractivity contribution >= 4 is 45.1 Å². The molecule has 0 unspecified atom stereocenters. The summed E-state index contributed by atoms with van der Waals surface area (Å²) < 4.78 is 66.9. The quantitative estimate of drug-likeness (QED) is 0.160. The van der Waals surface area contributed by atoms with Crippen LogP contribution in [0.3, 0.4) is 0 Å². The Balaban J connectivity index is 1.25. The molecule has 14 heteroatoms. The molecule has 1 fully saturated rings. The van der Waals surface area contributed by atoms with Crippen LogP contribution in [0.25, 0.3) is 32.4 Å². The van der Waals surface area contributed by atoms with Crippen molar-refractivity contribution in [1.82, 2.24) is 19.9 Å². The Morgan fingerprint density at radius 2 is 1.62 bits per heavy atom. The van der Waals surface area contributed by atoms with Gasteiger partial charge in [0.05, 0.1) is 47.1 Å². The fourth-order valence-corrected chi connectivity index (χ4v) is 6.99. The number of nitrogens with zero attached hydrogens (tertiary/aromatic N) is 6. The van der Waals surface area contributed by atoms with Crippen LogP contribution in [-0.4, -0.2) is 46.2 Å². The first kappa shape index (κ1) is 31.4. The SMILES string of the molecule is O=[S-](=Nc1cccc(-c2nc(-c3ccccc3)sc2-c2ccnc(Nc3ccc(N4CCOCC4)nc3)n2)c1F)c1c(F)cccc1F. The lowest BCUT2D eigenvalue weighted by Crippen LogP contribution is -2.36. The van der Waals surface area contributed by atoms with Crippen molar-refractivity contribution in [3.05, 3.63) is 115 Å². The van der Waals surface area contributed by atoms with E-state index in [1.54, 1.807) is 18.5 Å². The van der Waals surface area contributed by atoms with Crippen LogP contribution in [0.2, 0.25) is 0 Å². The van der Waals surface area contributed by atoms with Gasteiger partial charge in [0.1, 0.15) is 22.5 Å². The number of pyridine rings is 1. The van der Waals surface area contributed by atoms with Crippen molar-refractivity contribution in [3.63, 3.8) is 0 Å². The zero-order valence-electron chi connectivity index (χ0n) is 25.0. The van der Waals surface area contributed by atoms with E-state index in [1.165, 1.54) is 29.5 Å². The Hall–Kier alpha value is -5.18. The number of hydrogen-bond donors (Lipinski definition) is 1. The summed E-state index contributed by atoms with van der Waals surface area (Å²) in [4.78, 5) is 20.4. The van der Waals surface area contributed by atoms with Crippen LogP contribution in [-0.2, 0) is 19.5 Å². The van der Waals surface area contributed by atoms with Gasteiger partial charge < -0.3 is 23.5 Å². The van der Waals surface area contributed by atoms with E-state index in [0.29, 0.717) is 40.4 Å². The molecule has 4 heterocycles. The van der Waals surface area contributed by atoms with Crippen molar-refractivity contribution in [2.45, 2.75) is 4.90 Å². The van der Waals surface area contributed by atoms with Gasteiger partial charge in [0.15, 0.2) is 5.82 Å². The number of rotatable bonds is 8. The van der Waals surface area contributed by atoms with E-state index >= 15 is 4.39 Å². The van der Waals surface area contributed by atoms with Gasteiger partial charge in [0.2, 0.25) is 5.95 Å². The minimum Gasteiger partial charge on any atom is -0.439 e. The topological polar surface area (TPSA) is 105 Å². The molecule has 242 valence electrons. The predicted octanol–water partition coefficient (Wildman–Crippen LogP) is 8.16. The van der Waals surface area contributed by atoms with Crippen LogP contribution in [0.1, 0.15) is 0 Å². The molecule has 6 aromatic rings. The molecule has 7 rings (SSSR count). The van der Waals surface area contributed by atoms with Crippen molar-refractivity contribution in [2.75, 3.05) is 36.5 Å². The van der Waals surface area contributed by atoms with Gasteiger partial charge >= 0.3 is 0 Å². The number of ether oxygens (including phenoxy) is 1. The lowest BCUT2D eigenvalue weighted by molar-refractivity contribution is 0.122. The molecule has 3 aromatic carbocycles. The summed E-state index contributed by atoms with van der Waals surface area (Å²) in [6.45, 7) is 2.85. The molecule has 0 aliphatic carbocycles. The lowest BCUT2D eigenvalue weighted by atomic mass is 10.1. The van der Waals surface area contributed by atoms with E-state index in [1.807, 2.05) is 42.5 Å². The molecule has 0 radical (unpaired) electrons. The summed E-state index contributed by atoms with van der Waals surface area (Å²) in [6.07, 6.45) is 3.29. The molecule has 1 saturated heterocycles. The van der Waals surface area contributed by atoms with Crippen molar-refractivity contribution in [1.29, 1.82) is 0 Å². The molecule has 3 aromatic heterocycles. The Bertz CT molecular complexity index is 2150. The standard InChI is InChI=1S/C34H25F3N7O2S2/c35-24-9-5-10-25(36)32(24)48(45)43-26-11-4-8-23(29(26)37)30-31(47-33(42-30)21-6-2-1-3-7-21)27-14-15-38-34(41-27)40-22-12-13-28(39-20-22)44-16-18-46-19-17-44/h1-15,20H,16-19H2,(H,38,40,41)/q-1. The number of aromatic nitrogens is 4. The summed E-state index contributed by atoms with van der Waals surface area (Å²) in [7, 11) is -2.55. The number of halogens is 3. The van der Waals surface area contributed by atoms with Gasteiger partial charge in [0, 0.05) is 30.4 Å². The number of hydrogen-bond acceptors (Lipinski definition) is 11. The number of nitrogens with one attached hydrogen (secondary N) is 1. The average molecular weight is 685 g/mol. The maximum Gasteiger partial charge on any atom is 0.227 e. The second kappa shape index (κ2) is 13.9. The predicted molar refractivity (Wildman–Crippen MR) is 179 cm³/mol. The van der Waals surface area contributed by atoms with Gasteiger partial charge in [-0.2, -0.15) is 0 Å². The zero-order valence-corrected chi connectivity index (χ0v) is 26.6. The van der Waals surface area contributed by atoms with E-state index in [0.717, 1.165) is 42.7 Å². The minimum absolute atomic E-state index is 0.0479. The normalized spacial score (nSPS) is 13.9. The van der Waals surface area contributed by atoms with Crippen LogP contribution in [0.15, 0.2) is 107 Å². The first-order valence-electron chi connectivity index (χ1n) is 14.8. The fourth-order valence-electron chi connectivity index (χ4n) is 5.05. The Morgan fingerprint density at radius 1 is 0.854 bits per heavy atom. The summed E-state index contributed by atoms with van der Waals surface area (Å²) in [5.41, 5.74) is 1.93. The second-order valence-electron chi connectivity index (χ2n) is 10.5. The highest BCUT2D eigenvalue weighted by atomic mass is 32.2. The molecule has 9 nitrogen and oxygen atoms in total. The largest absolute Gasteiger partial charge is 0.439 e. The molecule has 0 bridgehead atoms. The molecular formula is C34H25F3N7O2S2-. The summed E-state index contributed by atoms with van der Waals surface area (Å²) in [6, 6.07) is 22.3. The highest BCUT2D eigenvalue weighted by Crippen LogP contribution is 2.42. The Morgan fingerprint density at radius 3 is 2.38 bits per heavy atom. The third-order valence-corrected chi connectivity index (χ3v) is 9.61. The Labute approximate surface area is 279 Å². The van der Waals surface area contributed by atoms with Gasteiger partial charge in [-0.05, 0) is 47.4 Å². The monoisotopic (exact) mass is 684 g/mol. The van der Waals surface area contributed by atoms with Gasteiger partial charge in [0.25, 0.3) is 0 Å². The van der Waals surface area contributed by atoms with Gasteiger partial charge in [-0.3, -0.25) is 0 Å². The molecule has 1 aliphatic heterocycles. The van der Waals surface area contributed by atoms with E-state index in [2.05, 4.69) is 24.5 Å². The summed E-state index contributed by atoms with van der Waals surface area (Å²) >= 11 is 1.31. The van der Waals surface area contributed by atoms with Gasteiger partial charge in [-0.1, -0.05) is 42.5 Å². The van der Waals surface area contributed by atoms with Crippen molar-refractivity contribution < 1.29 is 22.1 Å². The van der Waals surface area contributed by atoms with E-state index in [9.17, 15) is 13.0 Å². The van der Waals surface area contributed by atoms with Crippen molar-refractivity contribution in [3.8, 4) is 32.4 Å². The first-order chi connectivity index (χ1) is 23.4. The van der Waals surface area contributed by atoms with Crippen molar-refractivity contribution in [2.24, 2.45) is 4.36 Å². The van der Waals surface area contributed by atoms with Crippen LogP contribution in [0.4, 0.5) is 36.3 Å². The fraction of sp³-hybridized carbons (Fsp3) is 0.118. The minimum atomic E-state index is -2.55. The second-order valence-corrected chi connectivity index (χ2v) is 12.6. The number of benzene rings is 3. The smallest absolute Gasteiger partial charge is 0.227 e. The number of morpholine rings is 1. The van der Waals surface area contributed by atoms with E-state index in [-0.39, 0.29) is 16.9 Å². The maximum absolute atomic E-state index is 16.2. The first-order valence-corrected chi connectivity index (χ1v) is 16.7. The molecule has 1 aliphatic rings. The summed E-state index contributed by atoms with van der Waals surface area (Å²) in [5.74, 6) is -1.80. The van der Waals surface area contributed by atoms with E-state index < -0.39 is 32.9 Å². The van der Waals surface area contributed by atoms with E-state index in [4.69, 9.17) is 14.7 Å². The summed E-state index contributed by atoms with van der Waals surface area (Å²) in [5, 5.41) is 3.79. The highest BCUT2D eigenvalue weighted by molar-refractivity contribution is 7.75. The average Bonchev–Trinajstić information content (AvgIpc) is 3.56.